The third kappa shape index (κ3) is 4.15. The highest BCUT2D eigenvalue weighted by molar-refractivity contribution is 7.89. The number of hydrogen-bond donors (Lipinski definition) is 5. The van der Waals surface area contributed by atoms with E-state index in [4.69, 9.17) is 0 Å². The van der Waals surface area contributed by atoms with Gasteiger partial charge in [0.15, 0.2) is 17.2 Å². The number of amides is 1. The van der Waals surface area contributed by atoms with Crippen molar-refractivity contribution in [3.05, 3.63) is 48.0 Å². The molecule has 0 aliphatic carbocycles. The Morgan fingerprint density at radius 1 is 0.958 bits per heavy atom. The molecule has 0 saturated carbocycles. The minimum Gasteiger partial charge on any atom is -0.504 e. The molecule has 8 nitrogen and oxygen atoms in total. The first-order valence-corrected chi connectivity index (χ1v) is 8.37. The van der Waals surface area contributed by atoms with Crippen LogP contribution < -0.4 is 10.0 Å². The zero-order valence-corrected chi connectivity index (χ0v) is 13.2. The molecule has 0 atom stereocenters. The van der Waals surface area contributed by atoms with Gasteiger partial charge in [0, 0.05) is 18.7 Å². The summed E-state index contributed by atoms with van der Waals surface area (Å²) in [5.74, 6) is -2.63. The average molecular weight is 352 g/mol. The number of sulfonamides is 1. The standard InChI is InChI=1S/C15H16N2O6S/c18-12-8-10(9-13(19)14(12)20)15(21)16-6-7-17-24(22,23)11-4-2-1-3-5-11/h1-5,8-9,17-20H,6-7H2,(H,16,21). The fourth-order valence-electron chi connectivity index (χ4n) is 1.88. The van der Waals surface area contributed by atoms with E-state index >= 15 is 0 Å². The van der Waals surface area contributed by atoms with E-state index in [0.717, 1.165) is 12.1 Å². The Hall–Kier alpha value is -2.78. The lowest BCUT2D eigenvalue weighted by Gasteiger charge is -2.09. The second kappa shape index (κ2) is 7.20. The Morgan fingerprint density at radius 3 is 2.12 bits per heavy atom. The quantitative estimate of drug-likeness (QED) is 0.380. The van der Waals surface area contributed by atoms with Gasteiger partial charge in [-0.05, 0) is 24.3 Å². The highest BCUT2D eigenvalue weighted by Gasteiger charge is 2.15. The minimum atomic E-state index is -3.66. The van der Waals surface area contributed by atoms with E-state index in [1.54, 1.807) is 18.2 Å². The van der Waals surface area contributed by atoms with Gasteiger partial charge in [-0.2, -0.15) is 0 Å². The number of carbonyl (C=O) groups is 1. The smallest absolute Gasteiger partial charge is 0.251 e. The predicted octanol–water partition coefficient (Wildman–Crippen LogP) is 0.512. The van der Waals surface area contributed by atoms with Crippen LogP contribution in [-0.4, -0.2) is 42.7 Å². The van der Waals surface area contributed by atoms with Gasteiger partial charge in [-0.25, -0.2) is 13.1 Å². The van der Waals surface area contributed by atoms with Crippen LogP contribution in [-0.2, 0) is 10.0 Å². The zero-order chi connectivity index (χ0) is 17.7. The molecule has 0 aromatic heterocycles. The lowest BCUT2D eigenvalue weighted by Crippen LogP contribution is -2.34. The largest absolute Gasteiger partial charge is 0.504 e. The molecule has 1 amide bonds. The summed E-state index contributed by atoms with van der Waals surface area (Å²) in [6.07, 6.45) is 0. The van der Waals surface area contributed by atoms with Crippen molar-refractivity contribution in [2.24, 2.45) is 0 Å². The van der Waals surface area contributed by atoms with E-state index < -0.39 is 33.2 Å². The van der Waals surface area contributed by atoms with E-state index in [-0.39, 0.29) is 23.5 Å². The SMILES string of the molecule is O=C(NCCNS(=O)(=O)c1ccccc1)c1cc(O)c(O)c(O)c1. The molecule has 0 heterocycles. The number of nitrogens with one attached hydrogen (secondary N) is 2. The van der Waals surface area contributed by atoms with Crippen molar-refractivity contribution >= 4 is 15.9 Å². The molecule has 9 heteroatoms. The molecule has 0 radical (unpaired) electrons. The molecule has 2 rings (SSSR count). The average Bonchev–Trinajstić information content (AvgIpc) is 2.56. The van der Waals surface area contributed by atoms with Crippen LogP contribution in [0.15, 0.2) is 47.4 Å². The number of benzene rings is 2. The number of phenolic OH excluding ortho intramolecular Hbond substituents is 3. The molecule has 0 spiro atoms. The molecule has 0 saturated heterocycles. The summed E-state index contributed by atoms with van der Waals surface area (Å²) in [6.45, 7) is -0.0493. The highest BCUT2D eigenvalue weighted by Crippen LogP contribution is 2.35. The normalized spacial score (nSPS) is 11.2. The molecule has 0 unspecified atom stereocenters. The topological polar surface area (TPSA) is 136 Å². The van der Waals surface area contributed by atoms with E-state index in [1.807, 2.05) is 0 Å². The molecule has 0 aliphatic heterocycles. The summed E-state index contributed by atoms with van der Waals surface area (Å²) in [5.41, 5.74) is -0.0753. The molecule has 5 N–H and O–H groups in total. The third-order valence-corrected chi connectivity index (χ3v) is 4.56. The van der Waals surface area contributed by atoms with Crippen molar-refractivity contribution in [3.63, 3.8) is 0 Å². The van der Waals surface area contributed by atoms with Crippen molar-refractivity contribution in [1.82, 2.24) is 10.0 Å². The summed E-state index contributed by atoms with van der Waals surface area (Å²) < 4.78 is 26.2. The van der Waals surface area contributed by atoms with Crippen LogP contribution in [0.3, 0.4) is 0 Å². The predicted molar refractivity (Wildman–Crippen MR) is 85.4 cm³/mol. The molecule has 128 valence electrons. The van der Waals surface area contributed by atoms with Crippen molar-refractivity contribution in [1.29, 1.82) is 0 Å². The van der Waals surface area contributed by atoms with Crippen LogP contribution >= 0.6 is 0 Å². The summed E-state index contributed by atoms with van der Waals surface area (Å²) in [4.78, 5) is 12.0. The summed E-state index contributed by atoms with van der Waals surface area (Å²) in [6, 6.07) is 9.75. The van der Waals surface area contributed by atoms with Crippen molar-refractivity contribution in [3.8, 4) is 17.2 Å². The van der Waals surface area contributed by atoms with Crippen LogP contribution in [0.25, 0.3) is 0 Å². The Kier molecular flexibility index (Phi) is 5.27. The van der Waals surface area contributed by atoms with E-state index in [0.29, 0.717) is 0 Å². The van der Waals surface area contributed by atoms with E-state index in [9.17, 15) is 28.5 Å². The number of rotatable bonds is 6. The number of carbonyl (C=O) groups excluding carboxylic acids is 1. The summed E-state index contributed by atoms with van der Waals surface area (Å²) in [7, 11) is -3.66. The molecular formula is C15H16N2O6S. The van der Waals surface area contributed by atoms with E-state index in [2.05, 4.69) is 10.0 Å². The van der Waals surface area contributed by atoms with Crippen LogP contribution in [0.2, 0.25) is 0 Å². The van der Waals surface area contributed by atoms with Gasteiger partial charge in [0.05, 0.1) is 4.90 Å². The fourth-order valence-corrected chi connectivity index (χ4v) is 2.93. The van der Waals surface area contributed by atoms with Gasteiger partial charge >= 0.3 is 0 Å². The number of hydrogen-bond acceptors (Lipinski definition) is 6. The van der Waals surface area contributed by atoms with Crippen LogP contribution in [0.4, 0.5) is 0 Å². The number of aromatic hydroxyl groups is 3. The zero-order valence-electron chi connectivity index (χ0n) is 12.4. The molecule has 0 bridgehead atoms. The molecule has 2 aromatic carbocycles. The van der Waals surface area contributed by atoms with Gasteiger partial charge < -0.3 is 20.6 Å². The Bertz CT molecular complexity index is 813. The molecule has 0 aliphatic rings. The van der Waals surface area contributed by atoms with Gasteiger partial charge in [0.1, 0.15) is 0 Å². The van der Waals surface area contributed by atoms with Crippen LogP contribution in [0.5, 0.6) is 17.2 Å². The monoisotopic (exact) mass is 352 g/mol. The van der Waals surface area contributed by atoms with Gasteiger partial charge in [-0.3, -0.25) is 4.79 Å². The second-order valence-corrected chi connectivity index (χ2v) is 6.60. The van der Waals surface area contributed by atoms with Crippen LogP contribution in [0.1, 0.15) is 10.4 Å². The first kappa shape index (κ1) is 17.6. The lowest BCUT2D eigenvalue weighted by molar-refractivity contribution is 0.0953. The van der Waals surface area contributed by atoms with Crippen molar-refractivity contribution in [2.75, 3.05) is 13.1 Å². The molecule has 0 fully saturated rings. The first-order valence-electron chi connectivity index (χ1n) is 6.89. The fraction of sp³-hybridized carbons (Fsp3) is 0.133. The Balaban J connectivity index is 1.90. The Labute approximate surface area is 138 Å². The summed E-state index contributed by atoms with van der Waals surface area (Å²) >= 11 is 0. The van der Waals surface area contributed by atoms with Gasteiger partial charge in [-0.15, -0.1) is 0 Å². The molecule has 24 heavy (non-hydrogen) atoms. The maximum atomic E-state index is 12.0. The van der Waals surface area contributed by atoms with Crippen molar-refractivity contribution < 1.29 is 28.5 Å². The summed E-state index contributed by atoms with van der Waals surface area (Å²) in [5, 5.41) is 30.3. The third-order valence-electron chi connectivity index (χ3n) is 3.09. The van der Waals surface area contributed by atoms with E-state index in [1.165, 1.54) is 12.1 Å². The highest BCUT2D eigenvalue weighted by atomic mass is 32.2. The Morgan fingerprint density at radius 2 is 1.54 bits per heavy atom. The second-order valence-electron chi connectivity index (χ2n) is 4.83. The molecule has 2 aromatic rings. The van der Waals surface area contributed by atoms with Gasteiger partial charge in [0.2, 0.25) is 10.0 Å². The maximum absolute atomic E-state index is 12.0. The number of phenols is 3. The first-order chi connectivity index (χ1) is 11.3. The lowest BCUT2D eigenvalue weighted by atomic mass is 10.1. The minimum absolute atomic E-state index is 0.00665. The molecular weight excluding hydrogens is 336 g/mol. The van der Waals surface area contributed by atoms with Crippen LogP contribution in [0, 0.1) is 0 Å². The van der Waals surface area contributed by atoms with Gasteiger partial charge in [0.25, 0.3) is 5.91 Å². The maximum Gasteiger partial charge on any atom is 0.251 e. The van der Waals surface area contributed by atoms with Crippen molar-refractivity contribution in [2.45, 2.75) is 4.90 Å². The van der Waals surface area contributed by atoms with Gasteiger partial charge in [-0.1, -0.05) is 18.2 Å².